The van der Waals surface area contributed by atoms with Crippen LogP contribution in [0.1, 0.15) is 25.7 Å². The number of rotatable bonds is 3. The van der Waals surface area contributed by atoms with Crippen molar-refractivity contribution in [1.29, 1.82) is 0 Å². The summed E-state index contributed by atoms with van der Waals surface area (Å²) in [7, 11) is 1.68. The van der Waals surface area contributed by atoms with Crippen molar-refractivity contribution in [3.63, 3.8) is 0 Å². The first-order valence-corrected chi connectivity index (χ1v) is 6.22. The molecule has 0 aromatic rings. The zero-order valence-electron chi connectivity index (χ0n) is 9.48. The van der Waals surface area contributed by atoms with Crippen LogP contribution < -0.4 is 0 Å². The molecule has 0 aromatic carbocycles. The quantitative estimate of drug-likeness (QED) is 0.521. The predicted octanol–water partition coefficient (Wildman–Crippen LogP) is 1.74. The Labute approximate surface area is 91.5 Å². The molecule has 2 bridgehead atoms. The third-order valence-electron chi connectivity index (χ3n) is 4.23. The van der Waals surface area contributed by atoms with Gasteiger partial charge in [-0.15, -0.1) is 0 Å². The first-order chi connectivity index (χ1) is 7.38. The lowest BCUT2D eigenvalue weighted by Gasteiger charge is -2.45. The summed E-state index contributed by atoms with van der Waals surface area (Å²) in [5.74, 6) is 2.36. The van der Waals surface area contributed by atoms with Crippen LogP contribution >= 0.6 is 0 Å². The van der Waals surface area contributed by atoms with E-state index in [1.54, 1.807) is 7.11 Å². The minimum Gasteiger partial charge on any atom is -0.399 e. The average Bonchev–Trinajstić information content (AvgIpc) is 3.11. The molecule has 0 radical (unpaired) electrons. The van der Waals surface area contributed by atoms with Crippen molar-refractivity contribution in [3.05, 3.63) is 0 Å². The first kappa shape index (κ1) is 9.64. The molecule has 84 valence electrons. The number of oxime groups is 1. The number of hydrogen-bond acceptors (Lipinski definition) is 3. The van der Waals surface area contributed by atoms with Crippen molar-refractivity contribution in [2.24, 2.45) is 22.9 Å². The Hall–Kier alpha value is -0.570. The lowest BCUT2D eigenvalue weighted by atomic mass is 9.75. The summed E-state index contributed by atoms with van der Waals surface area (Å²) in [4.78, 5) is 7.63. The van der Waals surface area contributed by atoms with Gasteiger partial charge in [-0.25, -0.2) is 0 Å². The first-order valence-electron chi connectivity index (χ1n) is 6.22. The standard InChI is InChI=1S/C12H20N2O/c1-15-13-12(10-2-3-10)11-8-14-6-4-9(11)5-7-14/h9-11H,2-8H2,1H3. The monoisotopic (exact) mass is 208 g/mol. The molecule has 0 N–H and O–H groups in total. The van der Waals surface area contributed by atoms with Gasteiger partial charge in [0.15, 0.2) is 0 Å². The fourth-order valence-electron chi connectivity index (χ4n) is 3.23. The van der Waals surface area contributed by atoms with Crippen LogP contribution in [-0.2, 0) is 4.84 Å². The minimum absolute atomic E-state index is 0.708. The molecular formula is C12H20N2O. The van der Waals surface area contributed by atoms with Crippen LogP contribution in [0.5, 0.6) is 0 Å². The molecule has 4 aliphatic rings. The summed E-state index contributed by atoms with van der Waals surface area (Å²) in [5, 5.41) is 4.32. The Morgan fingerprint density at radius 1 is 1.20 bits per heavy atom. The third kappa shape index (κ3) is 1.78. The fraction of sp³-hybridized carbons (Fsp3) is 0.917. The highest BCUT2D eigenvalue weighted by Crippen LogP contribution is 2.41. The van der Waals surface area contributed by atoms with E-state index in [1.807, 2.05) is 0 Å². The van der Waals surface area contributed by atoms with Crippen molar-refractivity contribution < 1.29 is 4.84 Å². The molecule has 3 heteroatoms. The van der Waals surface area contributed by atoms with Crippen molar-refractivity contribution >= 4 is 5.71 Å². The largest absolute Gasteiger partial charge is 0.399 e. The Kier molecular flexibility index (Phi) is 2.43. The van der Waals surface area contributed by atoms with Gasteiger partial charge in [0.2, 0.25) is 0 Å². The SMILES string of the molecule is CON=C(C1CC1)C1CN2CCC1CC2. The van der Waals surface area contributed by atoms with Crippen molar-refractivity contribution in [2.75, 3.05) is 26.7 Å². The number of hydrogen-bond donors (Lipinski definition) is 0. The van der Waals surface area contributed by atoms with E-state index in [4.69, 9.17) is 4.84 Å². The molecule has 3 heterocycles. The fourth-order valence-corrected chi connectivity index (χ4v) is 3.23. The number of nitrogens with zero attached hydrogens (tertiary/aromatic N) is 2. The summed E-state index contributed by atoms with van der Waals surface area (Å²) >= 11 is 0. The maximum Gasteiger partial charge on any atom is 0.106 e. The van der Waals surface area contributed by atoms with E-state index >= 15 is 0 Å². The van der Waals surface area contributed by atoms with Gasteiger partial charge in [-0.05, 0) is 44.7 Å². The maximum atomic E-state index is 5.04. The van der Waals surface area contributed by atoms with E-state index in [1.165, 1.54) is 51.0 Å². The normalized spacial score (nSPS) is 40.6. The van der Waals surface area contributed by atoms with Crippen molar-refractivity contribution in [1.82, 2.24) is 4.90 Å². The predicted molar refractivity (Wildman–Crippen MR) is 59.8 cm³/mol. The summed E-state index contributed by atoms with van der Waals surface area (Å²) in [6, 6.07) is 0. The molecule has 0 spiro atoms. The molecule has 1 unspecified atom stereocenters. The molecule has 1 saturated carbocycles. The lowest BCUT2D eigenvalue weighted by Crippen LogP contribution is -2.50. The average molecular weight is 208 g/mol. The molecular weight excluding hydrogens is 188 g/mol. The van der Waals surface area contributed by atoms with Gasteiger partial charge in [-0.1, -0.05) is 5.16 Å². The Morgan fingerprint density at radius 2 is 1.93 bits per heavy atom. The van der Waals surface area contributed by atoms with Crippen LogP contribution in [0.25, 0.3) is 0 Å². The molecule has 3 saturated heterocycles. The minimum atomic E-state index is 0.708. The Morgan fingerprint density at radius 3 is 2.40 bits per heavy atom. The molecule has 15 heavy (non-hydrogen) atoms. The zero-order chi connectivity index (χ0) is 10.3. The third-order valence-corrected chi connectivity index (χ3v) is 4.23. The molecule has 3 aliphatic heterocycles. The highest BCUT2D eigenvalue weighted by molar-refractivity contribution is 5.91. The van der Waals surface area contributed by atoms with Crippen LogP contribution in [0, 0.1) is 17.8 Å². The molecule has 0 aromatic heterocycles. The van der Waals surface area contributed by atoms with Gasteiger partial charge >= 0.3 is 0 Å². The van der Waals surface area contributed by atoms with E-state index in [9.17, 15) is 0 Å². The number of piperidine rings is 3. The van der Waals surface area contributed by atoms with Gasteiger partial charge in [-0.3, -0.25) is 0 Å². The molecule has 3 nitrogen and oxygen atoms in total. The number of fused-ring (bicyclic) bond motifs is 3. The summed E-state index contributed by atoms with van der Waals surface area (Å²) in [6.07, 6.45) is 5.43. The summed E-state index contributed by atoms with van der Waals surface area (Å²) < 4.78 is 0. The molecule has 4 rings (SSSR count). The van der Waals surface area contributed by atoms with Gasteiger partial charge in [0.1, 0.15) is 7.11 Å². The molecule has 4 fully saturated rings. The molecule has 1 aliphatic carbocycles. The Bertz CT molecular complexity index is 265. The van der Waals surface area contributed by atoms with Gasteiger partial charge in [-0.2, -0.15) is 0 Å². The van der Waals surface area contributed by atoms with E-state index in [-0.39, 0.29) is 0 Å². The van der Waals surface area contributed by atoms with Crippen LogP contribution in [0.4, 0.5) is 0 Å². The van der Waals surface area contributed by atoms with Gasteiger partial charge < -0.3 is 9.74 Å². The van der Waals surface area contributed by atoms with Crippen LogP contribution in [-0.4, -0.2) is 37.4 Å². The molecule has 0 amide bonds. The van der Waals surface area contributed by atoms with Crippen LogP contribution in [0.2, 0.25) is 0 Å². The van der Waals surface area contributed by atoms with Gasteiger partial charge in [0.25, 0.3) is 0 Å². The van der Waals surface area contributed by atoms with Crippen LogP contribution in [0.15, 0.2) is 5.16 Å². The Balaban J connectivity index is 1.77. The van der Waals surface area contributed by atoms with E-state index in [2.05, 4.69) is 10.1 Å². The van der Waals surface area contributed by atoms with Gasteiger partial charge in [0, 0.05) is 18.4 Å². The second-order valence-electron chi connectivity index (χ2n) is 5.22. The zero-order valence-corrected chi connectivity index (χ0v) is 9.48. The van der Waals surface area contributed by atoms with E-state index in [0.29, 0.717) is 5.92 Å². The van der Waals surface area contributed by atoms with Crippen molar-refractivity contribution in [2.45, 2.75) is 25.7 Å². The highest BCUT2D eigenvalue weighted by Gasteiger charge is 2.42. The summed E-state index contributed by atoms with van der Waals surface area (Å²) in [6.45, 7) is 3.86. The maximum absolute atomic E-state index is 5.04. The van der Waals surface area contributed by atoms with E-state index in [0.717, 1.165) is 11.8 Å². The second kappa shape index (κ2) is 3.78. The van der Waals surface area contributed by atoms with Gasteiger partial charge in [0.05, 0.1) is 5.71 Å². The summed E-state index contributed by atoms with van der Waals surface area (Å²) in [5.41, 5.74) is 1.38. The smallest absolute Gasteiger partial charge is 0.106 e. The van der Waals surface area contributed by atoms with E-state index < -0.39 is 0 Å². The second-order valence-corrected chi connectivity index (χ2v) is 5.22. The molecule has 1 atom stereocenters. The highest BCUT2D eigenvalue weighted by atomic mass is 16.6. The topological polar surface area (TPSA) is 24.8 Å². The van der Waals surface area contributed by atoms with Crippen molar-refractivity contribution in [3.8, 4) is 0 Å². The van der Waals surface area contributed by atoms with Crippen LogP contribution in [0.3, 0.4) is 0 Å². The lowest BCUT2D eigenvalue weighted by molar-refractivity contribution is 0.0779.